The van der Waals surface area contributed by atoms with Gasteiger partial charge in [-0.2, -0.15) is 4.31 Å². The zero-order chi connectivity index (χ0) is 24.7. The van der Waals surface area contributed by atoms with Gasteiger partial charge in [-0.3, -0.25) is 4.79 Å². The van der Waals surface area contributed by atoms with Crippen LogP contribution in [0.15, 0.2) is 29.2 Å². The number of rotatable bonds is 10. The van der Waals surface area contributed by atoms with Gasteiger partial charge >= 0.3 is 5.97 Å². The number of carbonyl (C=O) groups is 2. The molecule has 0 aliphatic carbocycles. The second kappa shape index (κ2) is 11.5. The van der Waals surface area contributed by atoms with Gasteiger partial charge in [-0.25, -0.2) is 17.9 Å². The average molecular weight is 495 g/mol. The lowest BCUT2D eigenvalue weighted by Crippen LogP contribution is -2.45. The maximum absolute atomic E-state index is 12.9. The summed E-state index contributed by atoms with van der Waals surface area (Å²) in [5, 5.41) is 14.0. The molecule has 1 saturated heterocycles. The van der Waals surface area contributed by atoms with E-state index in [9.17, 15) is 18.0 Å². The highest BCUT2D eigenvalue weighted by Gasteiger charge is 2.29. The summed E-state index contributed by atoms with van der Waals surface area (Å²) < 4.78 is 39.3. The van der Waals surface area contributed by atoms with Gasteiger partial charge in [-0.15, -0.1) is 5.10 Å². The number of amides is 1. The third-order valence-electron chi connectivity index (χ3n) is 5.30. The van der Waals surface area contributed by atoms with E-state index >= 15 is 0 Å². The van der Waals surface area contributed by atoms with Gasteiger partial charge in [0.25, 0.3) is 5.91 Å². The molecule has 2 heterocycles. The van der Waals surface area contributed by atoms with Gasteiger partial charge in [0.15, 0.2) is 12.4 Å². The van der Waals surface area contributed by atoms with Gasteiger partial charge in [0.2, 0.25) is 10.0 Å². The van der Waals surface area contributed by atoms with E-state index in [0.29, 0.717) is 25.6 Å². The lowest BCUT2D eigenvalue weighted by atomic mass is 10.0. The maximum Gasteiger partial charge on any atom is 0.329 e. The predicted molar refractivity (Wildman–Crippen MR) is 120 cm³/mol. The molecular weight excluding hydrogens is 464 g/mol. The summed E-state index contributed by atoms with van der Waals surface area (Å²) in [5.74, 6) is -1.08. The number of hydrogen-bond acceptors (Lipinski definition) is 9. The Morgan fingerprint density at radius 1 is 1.24 bits per heavy atom. The molecule has 34 heavy (non-hydrogen) atoms. The van der Waals surface area contributed by atoms with Crippen LogP contribution in [0.25, 0.3) is 0 Å². The Morgan fingerprint density at radius 3 is 2.65 bits per heavy atom. The third-order valence-corrected chi connectivity index (χ3v) is 7.19. The molecule has 1 atom stereocenters. The number of nitrogens with one attached hydrogen (secondary N) is 1. The monoisotopic (exact) mass is 494 g/mol. The molecule has 186 valence electrons. The summed E-state index contributed by atoms with van der Waals surface area (Å²) in [7, 11) is -3.76. The Morgan fingerprint density at radius 2 is 1.97 bits per heavy atom. The quantitative estimate of drug-likeness (QED) is 0.469. The van der Waals surface area contributed by atoms with Crippen LogP contribution < -0.4 is 5.32 Å². The second-order valence-corrected chi connectivity index (χ2v) is 10.1. The molecule has 1 N–H and O–H groups in total. The Bertz CT molecular complexity index is 1100. The van der Waals surface area contributed by atoms with Crippen LogP contribution >= 0.6 is 0 Å². The summed E-state index contributed by atoms with van der Waals surface area (Å²) in [6, 6.07) is 4.80. The molecule has 0 unspecified atom stereocenters. The number of nitrogens with zero attached hydrogens (tertiary/aromatic N) is 5. The van der Waals surface area contributed by atoms with E-state index in [1.165, 1.54) is 28.6 Å². The molecular formula is C21H30N6O6S. The van der Waals surface area contributed by atoms with Gasteiger partial charge in [-0.05, 0) is 41.0 Å². The Kier molecular flexibility index (Phi) is 8.69. The van der Waals surface area contributed by atoms with Crippen LogP contribution in [0.2, 0.25) is 0 Å². The average Bonchev–Trinajstić information content (AvgIpc) is 3.28. The first-order valence-corrected chi connectivity index (χ1v) is 12.6. The summed E-state index contributed by atoms with van der Waals surface area (Å²) in [6.07, 6.45) is 0.816. The molecule has 1 aliphatic rings. The maximum atomic E-state index is 12.9. The minimum Gasteiger partial charge on any atom is -0.456 e. The molecule has 0 radical (unpaired) electrons. The minimum atomic E-state index is -3.76. The number of aryl methyl sites for hydroxylation is 1. The summed E-state index contributed by atoms with van der Waals surface area (Å²) >= 11 is 0. The number of benzene rings is 1. The van der Waals surface area contributed by atoms with Crippen LogP contribution in [0, 0.1) is 5.92 Å². The number of sulfonamides is 1. The van der Waals surface area contributed by atoms with Gasteiger partial charge in [0, 0.05) is 25.2 Å². The molecule has 0 saturated carbocycles. The van der Waals surface area contributed by atoms with Crippen LogP contribution in [0.4, 0.5) is 0 Å². The molecule has 1 aliphatic heterocycles. The minimum absolute atomic E-state index is 0.00786. The number of aromatic nitrogens is 4. The van der Waals surface area contributed by atoms with Crippen molar-refractivity contribution < 1.29 is 27.5 Å². The van der Waals surface area contributed by atoms with E-state index < -0.39 is 27.9 Å². The SMILES string of the molecule is CCCn1nnnc1COC(=O)[C@@H](NC(=O)c1cccc(S(=O)(=O)N2CCOCC2)c1)C(C)C. The zero-order valence-corrected chi connectivity index (χ0v) is 20.3. The summed E-state index contributed by atoms with van der Waals surface area (Å²) in [4.78, 5) is 25.6. The normalized spacial score (nSPS) is 15.8. The van der Waals surface area contributed by atoms with Gasteiger partial charge in [0.1, 0.15) is 6.04 Å². The van der Waals surface area contributed by atoms with Crippen molar-refractivity contribution in [1.82, 2.24) is 29.8 Å². The van der Waals surface area contributed by atoms with Crippen LogP contribution in [0.5, 0.6) is 0 Å². The Balaban J connectivity index is 1.69. The Hall–Kier alpha value is -2.90. The van der Waals surface area contributed by atoms with Crippen molar-refractivity contribution >= 4 is 21.9 Å². The molecule has 3 rings (SSSR count). The molecule has 2 aromatic rings. The van der Waals surface area contributed by atoms with E-state index in [-0.39, 0.29) is 36.1 Å². The molecule has 0 spiro atoms. The van der Waals surface area contributed by atoms with Crippen molar-refractivity contribution in [3.05, 3.63) is 35.7 Å². The number of hydrogen-bond donors (Lipinski definition) is 1. The summed E-state index contributed by atoms with van der Waals surface area (Å²) in [6.45, 7) is 7.13. The van der Waals surface area contributed by atoms with Gasteiger partial charge < -0.3 is 14.8 Å². The third kappa shape index (κ3) is 6.15. The van der Waals surface area contributed by atoms with Crippen LogP contribution in [0.1, 0.15) is 43.4 Å². The smallest absolute Gasteiger partial charge is 0.329 e. The number of carbonyl (C=O) groups excluding carboxylic acids is 2. The van der Waals surface area contributed by atoms with Crippen molar-refractivity contribution in [1.29, 1.82) is 0 Å². The highest BCUT2D eigenvalue weighted by atomic mass is 32.2. The summed E-state index contributed by atoms with van der Waals surface area (Å²) in [5.41, 5.74) is 0.125. The van der Waals surface area contributed by atoms with Crippen LogP contribution in [-0.2, 0) is 37.4 Å². The van der Waals surface area contributed by atoms with Gasteiger partial charge in [0.05, 0.1) is 18.1 Å². The molecule has 1 aromatic heterocycles. The number of ether oxygens (including phenoxy) is 2. The molecule has 13 heteroatoms. The lowest BCUT2D eigenvalue weighted by Gasteiger charge is -2.26. The predicted octanol–water partition coefficient (Wildman–Crippen LogP) is 0.602. The number of esters is 1. The van der Waals surface area contributed by atoms with Crippen molar-refractivity contribution in [2.45, 2.75) is 51.3 Å². The standard InChI is InChI=1S/C21H30N6O6S/c1-4-8-27-18(23-24-25-27)14-33-21(29)19(15(2)3)22-20(28)16-6-5-7-17(13-16)34(30,31)26-9-11-32-12-10-26/h5-7,13,15,19H,4,8-12,14H2,1-3H3,(H,22,28)/t19-/m0/s1. The topological polar surface area (TPSA) is 146 Å². The number of tetrazole rings is 1. The molecule has 1 aromatic carbocycles. The van der Waals surface area contributed by atoms with Crippen molar-refractivity contribution in [3.63, 3.8) is 0 Å². The molecule has 12 nitrogen and oxygen atoms in total. The fourth-order valence-corrected chi connectivity index (χ4v) is 4.85. The highest BCUT2D eigenvalue weighted by Crippen LogP contribution is 2.19. The largest absolute Gasteiger partial charge is 0.456 e. The van der Waals surface area contributed by atoms with Crippen molar-refractivity contribution in [2.75, 3.05) is 26.3 Å². The fourth-order valence-electron chi connectivity index (χ4n) is 3.39. The van der Waals surface area contributed by atoms with Crippen molar-refractivity contribution in [3.8, 4) is 0 Å². The second-order valence-electron chi connectivity index (χ2n) is 8.17. The molecule has 1 amide bonds. The lowest BCUT2D eigenvalue weighted by molar-refractivity contribution is -0.148. The van der Waals surface area contributed by atoms with Crippen LogP contribution in [0.3, 0.4) is 0 Å². The van der Waals surface area contributed by atoms with E-state index in [1.807, 2.05) is 6.92 Å². The van der Waals surface area contributed by atoms with E-state index in [1.54, 1.807) is 18.5 Å². The first-order chi connectivity index (χ1) is 16.2. The first-order valence-electron chi connectivity index (χ1n) is 11.1. The first kappa shape index (κ1) is 25.7. The van der Waals surface area contributed by atoms with E-state index in [0.717, 1.165) is 6.42 Å². The fraction of sp³-hybridized carbons (Fsp3) is 0.571. The highest BCUT2D eigenvalue weighted by molar-refractivity contribution is 7.89. The van der Waals surface area contributed by atoms with E-state index in [4.69, 9.17) is 9.47 Å². The number of morpholine rings is 1. The van der Waals surface area contributed by atoms with Crippen molar-refractivity contribution in [2.24, 2.45) is 5.92 Å². The van der Waals surface area contributed by atoms with E-state index in [2.05, 4.69) is 20.8 Å². The molecule has 1 fully saturated rings. The zero-order valence-electron chi connectivity index (χ0n) is 19.5. The van der Waals surface area contributed by atoms with Gasteiger partial charge in [-0.1, -0.05) is 26.8 Å². The molecule has 0 bridgehead atoms. The van der Waals surface area contributed by atoms with Crippen LogP contribution in [-0.4, -0.2) is 77.2 Å². The Labute approximate surface area is 198 Å².